The smallest absolute Gasteiger partial charge is 0.367 e. The number of benzene rings is 3. The summed E-state index contributed by atoms with van der Waals surface area (Å²) in [4.78, 5) is 13.2. The topological polar surface area (TPSA) is 70.7 Å². The number of hydrogen-bond acceptors (Lipinski definition) is 5. The molecule has 0 saturated carbocycles. The average Bonchev–Trinajstić information content (AvgIpc) is 3.19. The van der Waals surface area contributed by atoms with Crippen LogP contribution in [0.2, 0.25) is 10.0 Å². The Morgan fingerprint density at radius 3 is 2.26 bits per heavy atom. The number of hydrogen-bond donors (Lipinski definition) is 0. The predicted molar refractivity (Wildman–Crippen MR) is 134 cm³/mol. The summed E-state index contributed by atoms with van der Waals surface area (Å²) in [5.41, 5.74) is 3.41. The van der Waals surface area contributed by atoms with Crippen LogP contribution in [0.4, 0.5) is 0 Å². The molecule has 3 aromatic carbocycles. The van der Waals surface area contributed by atoms with Crippen LogP contribution in [-0.4, -0.2) is 32.1 Å². The monoisotopic (exact) mass is 504 g/mol. The molecule has 3 heterocycles. The summed E-state index contributed by atoms with van der Waals surface area (Å²) in [6.07, 6.45) is 1.30. The van der Waals surface area contributed by atoms with Crippen molar-refractivity contribution in [2.45, 2.75) is 12.6 Å². The molecule has 174 valence electrons. The number of ether oxygens (including phenoxy) is 2. The maximum absolute atomic E-state index is 13.2. The van der Waals surface area contributed by atoms with E-state index in [0.717, 1.165) is 22.3 Å². The Bertz CT molecular complexity index is 1590. The van der Waals surface area contributed by atoms with Crippen LogP contribution >= 0.6 is 23.2 Å². The van der Waals surface area contributed by atoms with Crippen molar-refractivity contribution in [1.29, 1.82) is 0 Å². The molecule has 6 rings (SSSR count). The largest absolute Gasteiger partial charge is 0.486 e. The molecule has 9 heteroatoms. The van der Waals surface area contributed by atoms with Crippen molar-refractivity contribution in [3.63, 3.8) is 0 Å². The standard InChI is InChI=1S/C26H18Cl2N4O3/c27-18-9-5-16(6-10-18)21-13-29-32-25(24(21)17-7-11-19(28)12-8-17)30-31(26(32)33)14-20-15-34-22-3-1-2-4-23(22)35-20/h1-13,20H,14-15H2. The van der Waals surface area contributed by atoms with E-state index in [1.54, 1.807) is 18.3 Å². The molecule has 0 amide bonds. The van der Waals surface area contributed by atoms with Crippen LogP contribution in [0, 0.1) is 0 Å². The number of rotatable bonds is 4. The molecule has 2 aromatic heterocycles. The minimum Gasteiger partial charge on any atom is -0.486 e. The molecule has 1 aliphatic rings. The van der Waals surface area contributed by atoms with E-state index in [4.69, 9.17) is 32.7 Å². The summed E-state index contributed by atoms with van der Waals surface area (Å²) < 4.78 is 14.5. The van der Waals surface area contributed by atoms with Crippen LogP contribution < -0.4 is 15.2 Å². The first-order valence-corrected chi connectivity index (χ1v) is 11.7. The molecular weight excluding hydrogens is 487 g/mol. The predicted octanol–water partition coefficient (Wildman–Crippen LogP) is 5.37. The average molecular weight is 505 g/mol. The normalized spacial score (nSPS) is 14.9. The second-order valence-electron chi connectivity index (χ2n) is 8.14. The number of nitrogens with zero attached hydrogens (tertiary/aromatic N) is 4. The van der Waals surface area contributed by atoms with Gasteiger partial charge in [0.25, 0.3) is 0 Å². The van der Waals surface area contributed by atoms with Gasteiger partial charge in [-0.05, 0) is 47.5 Å². The minimum atomic E-state index is -0.373. The zero-order chi connectivity index (χ0) is 23.9. The molecule has 0 fully saturated rings. The lowest BCUT2D eigenvalue weighted by molar-refractivity contribution is 0.0751. The van der Waals surface area contributed by atoms with Gasteiger partial charge in [-0.15, -0.1) is 5.10 Å². The Balaban J connectivity index is 1.46. The summed E-state index contributed by atoms with van der Waals surface area (Å²) in [5, 5.41) is 10.3. The molecule has 0 saturated heterocycles. The van der Waals surface area contributed by atoms with Crippen LogP contribution in [0.3, 0.4) is 0 Å². The fraction of sp³-hybridized carbons (Fsp3) is 0.115. The van der Waals surface area contributed by atoms with Gasteiger partial charge in [0.1, 0.15) is 6.61 Å². The van der Waals surface area contributed by atoms with E-state index in [2.05, 4.69) is 10.2 Å². The molecule has 0 N–H and O–H groups in total. The van der Waals surface area contributed by atoms with Crippen molar-refractivity contribution >= 4 is 28.8 Å². The lowest BCUT2D eigenvalue weighted by Crippen LogP contribution is -2.37. The Morgan fingerprint density at radius 2 is 1.54 bits per heavy atom. The van der Waals surface area contributed by atoms with Crippen molar-refractivity contribution in [2.75, 3.05) is 6.61 Å². The first-order valence-electron chi connectivity index (χ1n) is 11.0. The van der Waals surface area contributed by atoms with Gasteiger partial charge in [-0.3, -0.25) is 0 Å². The van der Waals surface area contributed by atoms with Crippen molar-refractivity contribution in [3.8, 4) is 33.8 Å². The molecule has 0 radical (unpaired) electrons. The lowest BCUT2D eigenvalue weighted by Gasteiger charge is -2.25. The Morgan fingerprint density at radius 1 is 0.886 bits per heavy atom. The van der Waals surface area contributed by atoms with Gasteiger partial charge in [-0.25, -0.2) is 9.48 Å². The number of aromatic nitrogens is 4. The van der Waals surface area contributed by atoms with Crippen molar-refractivity contribution in [1.82, 2.24) is 19.4 Å². The van der Waals surface area contributed by atoms with Gasteiger partial charge >= 0.3 is 5.69 Å². The van der Waals surface area contributed by atoms with Gasteiger partial charge in [0.15, 0.2) is 23.3 Å². The zero-order valence-electron chi connectivity index (χ0n) is 18.3. The molecule has 0 spiro atoms. The van der Waals surface area contributed by atoms with E-state index >= 15 is 0 Å². The molecule has 0 bridgehead atoms. The fourth-order valence-corrected chi connectivity index (χ4v) is 4.43. The highest BCUT2D eigenvalue weighted by atomic mass is 35.5. The maximum Gasteiger partial charge on any atom is 0.367 e. The molecule has 7 nitrogen and oxygen atoms in total. The van der Waals surface area contributed by atoms with E-state index in [9.17, 15) is 4.79 Å². The first kappa shape index (κ1) is 21.7. The second-order valence-corrected chi connectivity index (χ2v) is 9.02. The van der Waals surface area contributed by atoms with Crippen molar-refractivity contribution in [3.05, 3.63) is 99.5 Å². The Labute approximate surface area is 210 Å². The summed E-state index contributed by atoms with van der Waals surface area (Å²) in [6, 6.07) is 22.3. The number of para-hydroxylation sites is 2. The summed E-state index contributed by atoms with van der Waals surface area (Å²) in [6.45, 7) is 0.525. The SMILES string of the molecule is O=c1n(CC2COc3ccccc3O2)nc2c(-c3ccc(Cl)cc3)c(-c3ccc(Cl)cc3)cnn12. The fourth-order valence-electron chi connectivity index (χ4n) is 4.17. The first-order chi connectivity index (χ1) is 17.1. The van der Waals surface area contributed by atoms with Gasteiger partial charge in [-0.1, -0.05) is 59.6 Å². The molecule has 1 atom stereocenters. The van der Waals surface area contributed by atoms with Crippen molar-refractivity contribution in [2.24, 2.45) is 0 Å². The van der Waals surface area contributed by atoms with Crippen LogP contribution in [0.15, 0.2) is 83.8 Å². The summed E-state index contributed by atoms with van der Waals surface area (Å²) in [5.74, 6) is 1.33. The van der Waals surface area contributed by atoms with Gasteiger partial charge in [0.2, 0.25) is 0 Å². The Kier molecular flexibility index (Phi) is 5.43. The van der Waals surface area contributed by atoms with Crippen LogP contribution in [0.25, 0.3) is 27.9 Å². The third kappa shape index (κ3) is 4.03. The van der Waals surface area contributed by atoms with E-state index in [1.807, 2.05) is 60.7 Å². The molecular formula is C26H18Cl2N4O3. The summed E-state index contributed by atoms with van der Waals surface area (Å²) in [7, 11) is 0. The van der Waals surface area contributed by atoms with Gasteiger partial charge in [0, 0.05) is 21.2 Å². The van der Waals surface area contributed by atoms with Crippen molar-refractivity contribution < 1.29 is 9.47 Å². The van der Waals surface area contributed by atoms with Crippen LogP contribution in [0.1, 0.15) is 0 Å². The highest BCUT2D eigenvalue weighted by Crippen LogP contribution is 2.35. The van der Waals surface area contributed by atoms with Gasteiger partial charge in [-0.2, -0.15) is 9.61 Å². The third-order valence-corrected chi connectivity index (χ3v) is 6.35. The quantitative estimate of drug-likeness (QED) is 0.329. The highest BCUT2D eigenvalue weighted by Gasteiger charge is 2.24. The zero-order valence-corrected chi connectivity index (χ0v) is 19.8. The van der Waals surface area contributed by atoms with Crippen LogP contribution in [0.5, 0.6) is 11.5 Å². The lowest BCUT2D eigenvalue weighted by atomic mass is 9.97. The molecule has 35 heavy (non-hydrogen) atoms. The number of halogens is 2. The maximum atomic E-state index is 13.2. The van der Waals surface area contributed by atoms with E-state index in [1.165, 1.54) is 9.20 Å². The summed E-state index contributed by atoms with van der Waals surface area (Å²) >= 11 is 12.2. The second kappa shape index (κ2) is 8.76. The van der Waals surface area contributed by atoms with Crippen LogP contribution in [-0.2, 0) is 6.54 Å². The minimum absolute atomic E-state index is 0.215. The van der Waals surface area contributed by atoms with E-state index < -0.39 is 0 Å². The molecule has 1 unspecified atom stereocenters. The number of fused-ring (bicyclic) bond motifs is 2. The molecule has 1 aliphatic heterocycles. The highest BCUT2D eigenvalue weighted by molar-refractivity contribution is 6.31. The van der Waals surface area contributed by atoms with Gasteiger partial charge in [0.05, 0.1) is 12.7 Å². The van der Waals surface area contributed by atoms with Gasteiger partial charge < -0.3 is 9.47 Å². The molecule has 5 aromatic rings. The van der Waals surface area contributed by atoms with E-state index in [-0.39, 0.29) is 18.3 Å². The Hall–Kier alpha value is -3.81. The van der Waals surface area contributed by atoms with E-state index in [0.29, 0.717) is 33.8 Å². The molecule has 0 aliphatic carbocycles. The third-order valence-electron chi connectivity index (χ3n) is 5.85.